The lowest BCUT2D eigenvalue weighted by atomic mass is 10.1. The number of rotatable bonds is 6. The van der Waals surface area contributed by atoms with Crippen LogP contribution in [0, 0.1) is 0 Å². The molecule has 1 amide bonds. The molecule has 5 nitrogen and oxygen atoms in total. The Morgan fingerprint density at radius 1 is 1.00 bits per heavy atom. The third-order valence-electron chi connectivity index (χ3n) is 4.36. The van der Waals surface area contributed by atoms with Crippen LogP contribution in [0.25, 0.3) is 0 Å². The van der Waals surface area contributed by atoms with Crippen molar-refractivity contribution in [1.29, 1.82) is 0 Å². The molecule has 0 bridgehead atoms. The van der Waals surface area contributed by atoms with E-state index in [4.69, 9.17) is 14.2 Å². The maximum absolute atomic E-state index is 12.9. The van der Waals surface area contributed by atoms with Crippen LogP contribution >= 0.6 is 11.8 Å². The molecule has 3 aromatic rings. The number of methoxy groups -OCH3 is 1. The van der Waals surface area contributed by atoms with Crippen LogP contribution in [0.15, 0.2) is 76.5 Å². The van der Waals surface area contributed by atoms with Gasteiger partial charge in [-0.15, -0.1) is 0 Å². The molecule has 1 aliphatic rings. The summed E-state index contributed by atoms with van der Waals surface area (Å²) in [6.07, 6.45) is 0. The van der Waals surface area contributed by atoms with E-state index in [1.807, 2.05) is 60.7 Å². The second kappa shape index (κ2) is 9.03. The van der Waals surface area contributed by atoms with E-state index in [2.05, 4.69) is 5.32 Å². The number of ether oxygens (including phenoxy) is 3. The van der Waals surface area contributed by atoms with Crippen LogP contribution in [0.3, 0.4) is 0 Å². The van der Waals surface area contributed by atoms with Crippen molar-refractivity contribution in [2.24, 2.45) is 0 Å². The number of carbonyl (C=O) groups excluding carboxylic acids is 1. The molecular formula is C23H21NO4S. The Balaban J connectivity index is 1.64. The number of fused-ring (bicyclic) bond motifs is 1. The minimum Gasteiger partial charge on any atom is -0.486 e. The molecule has 3 aromatic carbocycles. The van der Waals surface area contributed by atoms with Crippen molar-refractivity contribution < 1.29 is 19.0 Å². The minimum absolute atomic E-state index is 0.186. The zero-order valence-corrected chi connectivity index (χ0v) is 16.8. The Kier molecular flexibility index (Phi) is 6.03. The van der Waals surface area contributed by atoms with Crippen molar-refractivity contribution in [3.8, 4) is 11.5 Å². The molecule has 0 spiro atoms. The van der Waals surface area contributed by atoms with Crippen LogP contribution in [0.1, 0.15) is 15.9 Å². The monoisotopic (exact) mass is 407 g/mol. The van der Waals surface area contributed by atoms with Crippen LogP contribution in [-0.2, 0) is 11.3 Å². The molecule has 0 atom stereocenters. The van der Waals surface area contributed by atoms with E-state index in [0.29, 0.717) is 42.6 Å². The summed E-state index contributed by atoms with van der Waals surface area (Å²) in [5.41, 5.74) is 2.21. The van der Waals surface area contributed by atoms with Crippen molar-refractivity contribution in [3.63, 3.8) is 0 Å². The number of amides is 1. The highest BCUT2D eigenvalue weighted by atomic mass is 32.2. The number of nitrogens with one attached hydrogen (secondary N) is 1. The van der Waals surface area contributed by atoms with E-state index in [0.717, 1.165) is 15.4 Å². The minimum atomic E-state index is -0.186. The van der Waals surface area contributed by atoms with Crippen LogP contribution in [0.5, 0.6) is 11.5 Å². The predicted molar refractivity (Wildman–Crippen MR) is 113 cm³/mol. The summed E-state index contributed by atoms with van der Waals surface area (Å²) in [7, 11) is 1.63. The van der Waals surface area contributed by atoms with Gasteiger partial charge in [0.15, 0.2) is 11.5 Å². The van der Waals surface area contributed by atoms with Crippen molar-refractivity contribution in [2.45, 2.75) is 16.4 Å². The standard InChI is InChI=1S/C23H21NO4S/c1-26-15-16-6-5-7-17(12-16)23(25)24-19-13-20-21(28-11-10-27-20)14-22(19)29-18-8-3-2-4-9-18/h2-9,12-14H,10-11,15H2,1H3,(H,24,25). The van der Waals surface area contributed by atoms with E-state index in [1.54, 1.807) is 24.9 Å². The molecule has 0 saturated heterocycles. The highest BCUT2D eigenvalue weighted by Crippen LogP contribution is 2.42. The molecule has 1 N–H and O–H groups in total. The van der Waals surface area contributed by atoms with E-state index >= 15 is 0 Å². The first-order chi connectivity index (χ1) is 14.2. The fraction of sp³-hybridized carbons (Fsp3) is 0.174. The fourth-order valence-corrected chi connectivity index (χ4v) is 3.96. The average molecular weight is 407 g/mol. The molecule has 0 unspecified atom stereocenters. The van der Waals surface area contributed by atoms with E-state index < -0.39 is 0 Å². The van der Waals surface area contributed by atoms with Gasteiger partial charge in [0, 0.05) is 34.6 Å². The molecule has 29 heavy (non-hydrogen) atoms. The van der Waals surface area contributed by atoms with E-state index in [-0.39, 0.29) is 5.91 Å². The summed E-state index contributed by atoms with van der Waals surface area (Å²) >= 11 is 1.57. The Morgan fingerprint density at radius 2 is 1.76 bits per heavy atom. The van der Waals surface area contributed by atoms with Gasteiger partial charge in [0.2, 0.25) is 0 Å². The van der Waals surface area contributed by atoms with Gasteiger partial charge in [0.05, 0.1) is 12.3 Å². The lowest BCUT2D eigenvalue weighted by molar-refractivity contribution is 0.102. The first-order valence-electron chi connectivity index (χ1n) is 9.29. The summed E-state index contributed by atoms with van der Waals surface area (Å²) in [6, 6.07) is 21.2. The Morgan fingerprint density at radius 3 is 2.52 bits per heavy atom. The second-order valence-corrected chi connectivity index (χ2v) is 7.61. The van der Waals surface area contributed by atoms with Gasteiger partial charge in [-0.1, -0.05) is 42.1 Å². The van der Waals surface area contributed by atoms with E-state index in [1.165, 1.54) is 0 Å². The van der Waals surface area contributed by atoms with Crippen molar-refractivity contribution in [1.82, 2.24) is 0 Å². The topological polar surface area (TPSA) is 56.8 Å². The molecule has 148 valence electrons. The first-order valence-corrected chi connectivity index (χ1v) is 10.1. The maximum Gasteiger partial charge on any atom is 0.255 e. The van der Waals surface area contributed by atoms with E-state index in [9.17, 15) is 4.79 Å². The lowest BCUT2D eigenvalue weighted by Gasteiger charge is -2.21. The van der Waals surface area contributed by atoms with Crippen molar-refractivity contribution in [3.05, 3.63) is 77.9 Å². The molecule has 6 heteroatoms. The first kappa shape index (κ1) is 19.4. The predicted octanol–water partition coefficient (Wildman–Crippen LogP) is 5.01. The zero-order valence-electron chi connectivity index (χ0n) is 16.0. The maximum atomic E-state index is 12.9. The Labute approximate surface area is 174 Å². The number of hydrogen-bond acceptors (Lipinski definition) is 5. The van der Waals surface area contributed by atoms with Crippen LogP contribution < -0.4 is 14.8 Å². The SMILES string of the molecule is COCc1cccc(C(=O)Nc2cc3c(cc2Sc2ccccc2)OCCO3)c1. The van der Waals surface area contributed by atoms with Gasteiger partial charge < -0.3 is 19.5 Å². The van der Waals surface area contributed by atoms with Gasteiger partial charge in [-0.05, 0) is 29.8 Å². The quantitative estimate of drug-likeness (QED) is 0.623. The van der Waals surface area contributed by atoms with Gasteiger partial charge in [-0.2, -0.15) is 0 Å². The van der Waals surface area contributed by atoms with Crippen molar-refractivity contribution >= 4 is 23.4 Å². The lowest BCUT2D eigenvalue weighted by Crippen LogP contribution is -2.17. The number of benzene rings is 3. The fourth-order valence-electron chi connectivity index (χ4n) is 3.03. The molecule has 0 saturated carbocycles. The van der Waals surface area contributed by atoms with Crippen molar-refractivity contribution in [2.75, 3.05) is 25.6 Å². The summed E-state index contributed by atoms with van der Waals surface area (Å²) < 4.78 is 16.6. The molecule has 1 heterocycles. The highest BCUT2D eigenvalue weighted by Gasteiger charge is 2.18. The largest absolute Gasteiger partial charge is 0.486 e. The van der Waals surface area contributed by atoms with Crippen LogP contribution in [0.4, 0.5) is 5.69 Å². The summed E-state index contributed by atoms with van der Waals surface area (Å²) in [5, 5.41) is 3.03. The third-order valence-corrected chi connectivity index (χ3v) is 5.43. The summed E-state index contributed by atoms with van der Waals surface area (Å²) in [5.74, 6) is 1.14. The van der Waals surface area contributed by atoms with Crippen LogP contribution in [0.2, 0.25) is 0 Å². The van der Waals surface area contributed by atoms with Gasteiger partial charge in [-0.25, -0.2) is 0 Å². The normalized spacial score (nSPS) is 12.4. The van der Waals surface area contributed by atoms with Gasteiger partial charge in [0.1, 0.15) is 13.2 Å². The van der Waals surface area contributed by atoms with Crippen LogP contribution in [-0.4, -0.2) is 26.2 Å². The highest BCUT2D eigenvalue weighted by molar-refractivity contribution is 7.99. The number of anilines is 1. The van der Waals surface area contributed by atoms with Gasteiger partial charge in [0.25, 0.3) is 5.91 Å². The smallest absolute Gasteiger partial charge is 0.255 e. The second-order valence-electron chi connectivity index (χ2n) is 6.49. The van der Waals surface area contributed by atoms with Gasteiger partial charge >= 0.3 is 0 Å². The molecule has 0 radical (unpaired) electrons. The summed E-state index contributed by atoms with van der Waals surface area (Å²) in [4.78, 5) is 14.9. The molecule has 1 aliphatic heterocycles. The Bertz CT molecular complexity index is 1010. The number of hydrogen-bond donors (Lipinski definition) is 1. The molecule has 0 aromatic heterocycles. The average Bonchev–Trinajstić information content (AvgIpc) is 2.75. The zero-order chi connectivity index (χ0) is 20.1. The Hall–Kier alpha value is -2.96. The summed E-state index contributed by atoms with van der Waals surface area (Å²) in [6.45, 7) is 1.46. The van der Waals surface area contributed by atoms with Gasteiger partial charge in [-0.3, -0.25) is 4.79 Å². The molecule has 0 aliphatic carbocycles. The number of carbonyl (C=O) groups is 1. The molecule has 4 rings (SSSR count). The molecular weight excluding hydrogens is 386 g/mol. The third kappa shape index (κ3) is 4.72. The molecule has 0 fully saturated rings.